The van der Waals surface area contributed by atoms with E-state index in [2.05, 4.69) is 35.6 Å². The van der Waals surface area contributed by atoms with E-state index in [1.807, 2.05) is 29.2 Å². The third-order valence-corrected chi connectivity index (χ3v) is 6.23. The van der Waals surface area contributed by atoms with E-state index in [0.717, 1.165) is 38.0 Å². The molecule has 28 heavy (non-hydrogen) atoms. The Labute approximate surface area is 171 Å². The SMILES string of the molecule is CCCCN(C)c1ccc(C(=O)NCCC(=O)N2CCc3sccc3C2)cc1. The summed E-state index contributed by atoms with van der Waals surface area (Å²) in [5.74, 6) is -0.0284. The van der Waals surface area contributed by atoms with Crippen molar-refractivity contribution in [1.29, 1.82) is 0 Å². The van der Waals surface area contributed by atoms with E-state index in [-0.39, 0.29) is 11.8 Å². The number of hydrogen-bond donors (Lipinski definition) is 1. The number of nitrogens with zero attached hydrogens (tertiary/aromatic N) is 2. The fourth-order valence-electron chi connectivity index (χ4n) is 3.40. The molecule has 2 amide bonds. The molecule has 1 aliphatic rings. The summed E-state index contributed by atoms with van der Waals surface area (Å²) in [4.78, 5) is 30.2. The highest BCUT2D eigenvalue weighted by Gasteiger charge is 2.21. The average Bonchev–Trinajstić information content (AvgIpc) is 3.19. The maximum atomic E-state index is 12.4. The fraction of sp³-hybridized carbons (Fsp3) is 0.455. The summed E-state index contributed by atoms with van der Waals surface area (Å²) < 4.78 is 0. The van der Waals surface area contributed by atoms with Gasteiger partial charge in [0, 0.05) is 55.8 Å². The molecular weight excluding hydrogens is 370 g/mol. The Morgan fingerprint density at radius 2 is 2.00 bits per heavy atom. The van der Waals surface area contributed by atoms with E-state index in [0.29, 0.717) is 25.1 Å². The first-order valence-corrected chi connectivity index (χ1v) is 10.9. The van der Waals surface area contributed by atoms with Crippen molar-refractivity contribution in [2.24, 2.45) is 0 Å². The summed E-state index contributed by atoms with van der Waals surface area (Å²) in [7, 11) is 2.07. The van der Waals surface area contributed by atoms with Gasteiger partial charge in [0.05, 0.1) is 0 Å². The van der Waals surface area contributed by atoms with Gasteiger partial charge in [-0.05, 0) is 54.1 Å². The number of rotatable bonds is 8. The van der Waals surface area contributed by atoms with Crippen molar-refractivity contribution in [3.63, 3.8) is 0 Å². The van der Waals surface area contributed by atoms with Gasteiger partial charge in [-0.15, -0.1) is 11.3 Å². The number of carbonyl (C=O) groups is 2. The molecule has 0 fully saturated rings. The van der Waals surface area contributed by atoms with Crippen LogP contribution in [0.1, 0.15) is 47.0 Å². The molecule has 0 spiro atoms. The lowest BCUT2D eigenvalue weighted by atomic mass is 10.1. The number of thiophene rings is 1. The van der Waals surface area contributed by atoms with Crippen molar-refractivity contribution < 1.29 is 9.59 Å². The van der Waals surface area contributed by atoms with Crippen LogP contribution in [0.25, 0.3) is 0 Å². The van der Waals surface area contributed by atoms with E-state index in [4.69, 9.17) is 0 Å². The largest absolute Gasteiger partial charge is 0.375 e. The Kier molecular flexibility index (Phi) is 7.09. The second kappa shape index (κ2) is 9.73. The maximum Gasteiger partial charge on any atom is 0.251 e. The summed E-state index contributed by atoms with van der Waals surface area (Å²) in [6.45, 7) is 5.01. The predicted octanol–water partition coefficient (Wildman–Crippen LogP) is 3.69. The minimum Gasteiger partial charge on any atom is -0.375 e. The van der Waals surface area contributed by atoms with Crippen molar-refractivity contribution in [1.82, 2.24) is 10.2 Å². The van der Waals surface area contributed by atoms with Crippen LogP contribution in [0.4, 0.5) is 5.69 Å². The first kappa shape index (κ1) is 20.4. The van der Waals surface area contributed by atoms with Gasteiger partial charge in [0.2, 0.25) is 5.91 Å². The second-order valence-corrected chi connectivity index (χ2v) is 8.26. The molecule has 3 rings (SSSR count). The van der Waals surface area contributed by atoms with Crippen LogP contribution < -0.4 is 10.2 Å². The van der Waals surface area contributed by atoms with Gasteiger partial charge in [0.1, 0.15) is 0 Å². The van der Waals surface area contributed by atoms with Crippen LogP contribution in [0.15, 0.2) is 35.7 Å². The van der Waals surface area contributed by atoms with E-state index in [1.165, 1.54) is 10.4 Å². The zero-order valence-electron chi connectivity index (χ0n) is 16.7. The van der Waals surface area contributed by atoms with Crippen molar-refractivity contribution in [2.75, 3.05) is 31.6 Å². The van der Waals surface area contributed by atoms with Gasteiger partial charge in [-0.25, -0.2) is 0 Å². The standard InChI is InChI=1S/C22H29N3O2S/c1-3-4-13-24(2)19-7-5-17(6-8-19)22(27)23-12-9-21(26)25-14-10-20-18(16-25)11-15-28-20/h5-8,11,15H,3-4,9-10,12-14,16H2,1-2H3,(H,23,27). The highest BCUT2D eigenvalue weighted by molar-refractivity contribution is 7.10. The number of anilines is 1. The number of fused-ring (bicyclic) bond motifs is 1. The first-order chi connectivity index (χ1) is 13.6. The Balaban J connectivity index is 1.43. The molecule has 0 saturated heterocycles. The minimum atomic E-state index is -0.130. The van der Waals surface area contributed by atoms with Crippen molar-refractivity contribution in [2.45, 2.75) is 39.2 Å². The third kappa shape index (κ3) is 5.13. The van der Waals surface area contributed by atoms with E-state index < -0.39 is 0 Å². The molecule has 6 heteroatoms. The van der Waals surface area contributed by atoms with Gasteiger partial charge in [0.15, 0.2) is 0 Å². The first-order valence-electron chi connectivity index (χ1n) is 10.0. The molecule has 1 aliphatic heterocycles. The average molecular weight is 400 g/mol. The molecule has 1 aromatic carbocycles. The maximum absolute atomic E-state index is 12.4. The van der Waals surface area contributed by atoms with E-state index >= 15 is 0 Å². The van der Waals surface area contributed by atoms with Crippen LogP contribution in [-0.2, 0) is 17.8 Å². The molecule has 0 unspecified atom stereocenters. The monoisotopic (exact) mass is 399 g/mol. The molecule has 2 heterocycles. The van der Waals surface area contributed by atoms with Gasteiger partial charge >= 0.3 is 0 Å². The summed E-state index contributed by atoms with van der Waals surface area (Å²) in [6, 6.07) is 9.74. The lowest BCUT2D eigenvalue weighted by Gasteiger charge is -2.27. The molecule has 0 radical (unpaired) electrons. The van der Waals surface area contributed by atoms with Crippen LogP contribution >= 0.6 is 11.3 Å². The molecule has 2 aromatic rings. The van der Waals surface area contributed by atoms with Crippen molar-refractivity contribution in [3.05, 3.63) is 51.7 Å². The highest BCUT2D eigenvalue weighted by Crippen LogP contribution is 2.24. The molecule has 0 atom stereocenters. The van der Waals surface area contributed by atoms with Crippen LogP contribution in [0.3, 0.4) is 0 Å². The lowest BCUT2D eigenvalue weighted by molar-refractivity contribution is -0.131. The molecule has 1 N–H and O–H groups in total. The molecule has 5 nitrogen and oxygen atoms in total. The zero-order valence-corrected chi connectivity index (χ0v) is 17.6. The smallest absolute Gasteiger partial charge is 0.251 e. The molecule has 0 saturated carbocycles. The second-order valence-electron chi connectivity index (χ2n) is 7.26. The van der Waals surface area contributed by atoms with Crippen molar-refractivity contribution in [3.8, 4) is 0 Å². The fourth-order valence-corrected chi connectivity index (χ4v) is 4.29. The molecule has 150 valence electrons. The number of unbranched alkanes of at least 4 members (excludes halogenated alkanes) is 1. The van der Waals surface area contributed by atoms with Gasteiger partial charge < -0.3 is 15.1 Å². The van der Waals surface area contributed by atoms with E-state index in [1.54, 1.807) is 11.3 Å². The normalized spacial score (nSPS) is 13.1. The number of hydrogen-bond acceptors (Lipinski definition) is 4. The number of carbonyl (C=O) groups excluding carboxylic acids is 2. The Morgan fingerprint density at radius 3 is 2.75 bits per heavy atom. The van der Waals surface area contributed by atoms with Gasteiger partial charge in [-0.2, -0.15) is 0 Å². The topological polar surface area (TPSA) is 52.7 Å². The van der Waals surface area contributed by atoms with Crippen LogP contribution in [0.2, 0.25) is 0 Å². The Morgan fingerprint density at radius 1 is 1.21 bits per heavy atom. The summed E-state index contributed by atoms with van der Waals surface area (Å²) in [6.07, 6.45) is 3.58. The summed E-state index contributed by atoms with van der Waals surface area (Å²) in [5, 5.41) is 4.96. The number of nitrogens with one attached hydrogen (secondary N) is 1. The summed E-state index contributed by atoms with van der Waals surface area (Å²) in [5.41, 5.74) is 3.00. The molecule has 0 aliphatic carbocycles. The van der Waals surface area contributed by atoms with Crippen LogP contribution in [0.5, 0.6) is 0 Å². The molecular formula is C22H29N3O2S. The Hall–Kier alpha value is -2.34. The van der Waals surface area contributed by atoms with E-state index in [9.17, 15) is 9.59 Å². The number of amides is 2. The molecule has 0 bridgehead atoms. The van der Waals surface area contributed by atoms with Gasteiger partial charge in [-0.1, -0.05) is 13.3 Å². The Bertz CT molecular complexity index is 800. The number of benzene rings is 1. The highest BCUT2D eigenvalue weighted by atomic mass is 32.1. The minimum absolute atomic E-state index is 0.102. The zero-order chi connectivity index (χ0) is 19.9. The molecule has 1 aromatic heterocycles. The van der Waals surface area contributed by atoms with Gasteiger partial charge in [-0.3, -0.25) is 9.59 Å². The van der Waals surface area contributed by atoms with Gasteiger partial charge in [0.25, 0.3) is 5.91 Å². The quantitative estimate of drug-likeness (QED) is 0.737. The van der Waals surface area contributed by atoms with Crippen LogP contribution in [0, 0.1) is 0 Å². The lowest BCUT2D eigenvalue weighted by Crippen LogP contribution is -2.37. The van der Waals surface area contributed by atoms with Crippen molar-refractivity contribution >= 4 is 28.8 Å². The third-order valence-electron chi connectivity index (χ3n) is 5.20. The predicted molar refractivity (Wildman–Crippen MR) is 115 cm³/mol. The van der Waals surface area contributed by atoms with Crippen LogP contribution in [-0.4, -0.2) is 43.4 Å². The summed E-state index contributed by atoms with van der Waals surface area (Å²) >= 11 is 1.77.